The lowest BCUT2D eigenvalue weighted by Crippen LogP contribution is -2.46. The maximum absolute atomic E-state index is 6.28. The van der Waals surface area contributed by atoms with Crippen molar-refractivity contribution in [2.45, 2.75) is 24.9 Å². The summed E-state index contributed by atoms with van der Waals surface area (Å²) in [6, 6.07) is 8.25. The Hall–Kier alpha value is -0.640. The van der Waals surface area contributed by atoms with Crippen LogP contribution in [-0.4, -0.2) is 25.2 Å². The lowest BCUT2D eigenvalue weighted by Gasteiger charge is -2.36. The van der Waals surface area contributed by atoms with Gasteiger partial charge in [-0.3, -0.25) is 0 Å². The average molecular weight is 291 g/mol. The van der Waals surface area contributed by atoms with Gasteiger partial charge >= 0.3 is 0 Å². The molecule has 2 aliphatic rings. The molecule has 0 aliphatic carbocycles. The van der Waals surface area contributed by atoms with E-state index < -0.39 is 0 Å². The molecule has 0 aromatic heterocycles. The summed E-state index contributed by atoms with van der Waals surface area (Å²) >= 11 is 0. The van der Waals surface area contributed by atoms with Gasteiger partial charge in [-0.1, -0.05) is 12.1 Å². The van der Waals surface area contributed by atoms with E-state index in [9.17, 15) is 0 Å². The molecule has 3 nitrogen and oxygen atoms in total. The molecule has 1 spiro atoms. The molecule has 0 unspecified atom stereocenters. The Bertz CT molecular complexity index is 381. The molecule has 1 saturated heterocycles. The highest BCUT2D eigenvalue weighted by Crippen LogP contribution is 2.36. The van der Waals surface area contributed by atoms with Crippen molar-refractivity contribution in [1.29, 1.82) is 0 Å². The number of hydrogen-bond acceptors (Lipinski definition) is 3. The van der Waals surface area contributed by atoms with E-state index in [1.54, 1.807) is 0 Å². The first-order chi connectivity index (χ1) is 7.88. The Kier molecular flexibility index (Phi) is 5.57. The van der Waals surface area contributed by atoms with Crippen LogP contribution in [0.2, 0.25) is 0 Å². The predicted molar refractivity (Wildman–Crippen MR) is 79.5 cm³/mol. The SMILES string of the molecule is Cl.Cl.c1ccc2c(c1)NCCC1(CCNCC1)O2. The van der Waals surface area contributed by atoms with Crippen LogP contribution in [-0.2, 0) is 0 Å². The molecule has 18 heavy (non-hydrogen) atoms. The zero-order valence-corrected chi connectivity index (χ0v) is 11.9. The van der Waals surface area contributed by atoms with Gasteiger partial charge in [0, 0.05) is 13.0 Å². The number of hydrogen-bond donors (Lipinski definition) is 2. The molecular formula is C13H20Cl2N2O. The first-order valence-corrected chi connectivity index (χ1v) is 6.11. The molecular weight excluding hydrogens is 271 g/mol. The third-order valence-electron chi connectivity index (χ3n) is 3.62. The molecule has 2 N–H and O–H groups in total. The summed E-state index contributed by atoms with van der Waals surface area (Å²) in [5.41, 5.74) is 1.20. The first-order valence-electron chi connectivity index (χ1n) is 6.11. The number of nitrogens with one attached hydrogen (secondary N) is 2. The van der Waals surface area contributed by atoms with E-state index >= 15 is 0 Å². The third kappa shape index (κ3) is 3.02. The monoisotopic (exact) mass is 290 g/mol. The fraction of sp³-hybridized carbons (Fsp3) is 0.538. The molecule has 0 bridgehead atoms. The van der Waals surface area contributed by atoms with Gasteiger partial charge in [0.2, 0.25) is 0 Å². The molecule has 1 aromatic carbocycles. The molecule has 1 aromatic rings. The van der Waals surface area contributed by atoms with Gasteiger partial charge in [-0.2, -0.15) is 0 Å². The van der Waals surface area contributed by atoms with Crippen LogP contribution in [0, 0.1) is 0 Å². The van der Waals surface area contributed by atoms with E-state index in [0.29, 0.717) is 0 Å². The van der Waals surface area contributed by atoms with Crippen LogP contribution < -0.4 is 15.4 Å². The van der Waals surface area contributed by atoms with E-state index in [4.69, 9.17) is 4.74 Å². The molecule has 1 fully saturated rings. The van der Waals surface area contributed by atoms with E-state index in [-0.39, 0.29) is 30.4 Å². The Morgan fingerprint density at radius 2 is 1.61 bits per heavy atom. The Morgan fingerprint density at radius 3 is 2.39 bits per heavy atom. The summed E-state index contributed by atoms with van der Waals surface area (Å²) in [5.74, 6) is 1.02. The number of para-hydroxylation sites is 2. The second-order valence-corrected chi connectivity index (χ2v) is 4.71. The van der Waals surface area contributed by atoms with Gasteiger partial charge < -0.3 is 15.4 Å². The summed E-state index contributed by atoms with van der Waals surface area (Å²) in [7, 11) is 0. The zero-order valence-electron chi connectivity index (χ0n) is 10.3. The molecule has 2 heterocycles. The molecule has 5 heteroatoms. The second kappa shape index (κ2) is 6.50. The maximum Gasteiger partial charge on any atom is 0.143 e. The van der Waals surface area contributed by atoms with Gasteiger partial charge in [0.25, 0.3) is 0 Å². The summed E-state index contributed by atoms with van der Waals surface area (Å²) in [4.78, 5) is 0. The fourth-order valence-corrected chi connectivity index (χ4v) is 2.65. The average Bonchev–Trinajstić information content (AvgIpc) is 2.49. The van der Waals surface area contributed by atoms with Crippen LogP contribution >= 0.6 is 24.8 Å². The molecule has 2 aliphatic heterocycles. The van der Waals surface area contributed by atoms with Crippen LogP contribution in [0.5, 0.6) is 5.75 Å². The van der Waals surface area contributed by atoms with Gasteiger partial charge in [-0.05, 0) is 38.1 Å². The number of benzene rings is 1. The predicted octanol–water partition coefficient (Wildman–Crippen LogP) is 2.85. The van der Waals surface area contributed by atoms with Gasteiger partial charge in [0.15, 0.2) is 0 Å². The minimum atomic E-state index is 0. The van der Waals surface area contributed by atoms with Crippen molar-refractivity contribution in [2.75, 3.05) is 25.0 Å². The van der Waals surface area contributed by atoms with Gasteiger partial charge in [0.1, 0.15) is 11.4 Å². The van der Waals surface area contributed by atoms with Crippen molar-refractivity contribution in [3.8, 4) is 5.75 Å². The smallest absolute Gasteiger partial charge is 0.143 e. The molecule has 0 atom stereocenters. The summed E-state index contributed by atoms with van der Waals surface area (Å²) < 4.78 is 6.28. The zero-order chi connectivity index (χ0) is 10.8. The van der Waals surface area contributed by atoms with E-state index in [0.717, 1.165) is 50.3 Å². The minimum absolute atomic E-state index is 0. The largest absolute Gasteiger partial charge is 0.485 e. The summed E-state index contributed by atoms with van der Waals surface area (Å²) in [6.45, 7) is 3.15. The summed E-state index contributed by atoms with van der Waals surface area (Å²) in [6.07, 6.45) is 3.33. The van der Waals surface area contributed by atoms with Crippen LogP contribution in [0.15, 0.2) is 24.3 Å². The molecule has 102 valence electrons. The number of piperidine rings is 1. The highest BCUT2D eigenvalue weighted by molar-refractivity contribution is 5.85. The van der Waals surface area contributed by atoms with E-state index in [1.165, 1.54) is 0 Å². The first kappa shape index (κ1) is 15.4. The number of rotatable bonds is 0. The van der Waals surface area contributed by atoms with Crippen molar-refractivity contribution in [2.24, 2.45) is 0 Å². The van der Waals surface area contributed by atoms with Gasteiger partial charge in [0.05, 0.1) is 5.69 Å². The van der Waals surface area contributed by atoms with Crippen LogP contribution in [0.3, 0.4) is 0 Å². The van der Waals surface area contributed by atoms with Gasteiger partial charge in [-0.15, -0.1) is 24.8 Å². The number of anilines is 1. The fourth-order valence-electron chi connectivity index (χ4n) is 2.65. The van der Waals surface area contributed by atoms with Crippen LogP contribution in [0.25, 0.3) is 0 Å². The van der Waals surface area contributed by atoms with Crippen molar-refractivity contribution in [1.82, 2.24) is 5.32 Å². The third-order valence-corrected chi connectivity index (χ3v) is 3.62. The number of ether oxygens (including phenoxy) is 1. The normalized spacial score (nSPS) is 20.2. The van der Waals surface area contributed by atoms with Crippen molar-refractivity contribution < 1.29 is 4.74 Å². The number of fused-ring (bicyclic) bond motifs is 1. The highest BCUT2D eigenvalue weighted by Gasteiger charge is 2.35. The molecule has 0 saturated carbocycles. The van der Waals surface area contributed by atoms with Crippen molar-refractivity contribution in [3.05, 3.63) is 24.3 Å². The number of halogens is 2. The Labute approximate surface area is 120 Å². The van der Waals surface area contributed by atoms with Crippen molar-refractivity contribution >= 4 is 30.5 Å². The molecule has 0 radical (unpaired) electrons. The minimum Gasteiger partial charge on any atom is -0.485 e. The van der Waals surface area contributed by atoms with Crippen LogP contribution in [0.1, 0.15) is 19.3 Å². The highest BCUT2D eigenvalue weighted by atomic mass is 35.5. The molecule has 3 rings (SSSR count). The maximum atomic E-state index is 6.28. The summed E-state index contributed by atoms with van der Waals surface area (Å²) in [5, 5.41) is 6.85. The lowest BCUT2D eigenvalue weighted by atomic mass is 9.89. The van der Waals surface area contributed by atoms with Gasteiger partial charge in [-0.25, -0.2) is 0 Å². The Balaban J connectivity index is 0.000000810. The van der Waals surface area contributed by atoms with E-state index in [2.05, 4.69) is 28.8 Å². The standard InChI is InChI=1S/C13H18N2O.2ClH/c1-2-4-12-11(3-1)15-10-7-13(16-12)5-8-14-9-6-13;;/h1-4,14-15H,5-10H2;2*1H. The quantitative estimate of drug-likeness (QED) is 0.771. The second-order valence-electron chi connectivity index (χ2n) is 4.71. The van der Waals surface area contributed by atoms with Crippen molar-refractivity contribution in [3.63, 3.8) is 0 Å². The Morgan fingerprint density at radius 1 is 0.944 bits per heavy atom. The topological polar surface area (TPSA) is 33.3 Å². The molecule has 0 amide bonds. The van der Waals surface area contributed by atoms with E-state index in [1.807, 2.05) is 6.07 Å². The lowest BCUT2D eigenvalue weighted by molar-refractivity contribution is 0.0356. The van der Waals surface area contributed by atoms with Crippen LogP contribution in [0.4, 0.5) is 5.69 Å².